The lowest BCUT2D eigenvalue weighted by molar-refractivity contribution is 0.102. The van der Waals surface area contributed by atoms with E-state index in [1.165, 1.54) is 18.5 Å². The van der Waals surface area contributed by atoms with Gasteiger partial charge in [-0.15, -0.1) is 0 Å². The molecule has 1 fully saturated rings. The zero-order valence-corrected chi connectivity index (χ0v) is 13.4. The molecule has 0 atom stereocenters. The summed E-state index contributed by atoms with van der Waals surface area (Å²) >= 11 is 3.25. The first-order valence-corrected chi connectivity index (χ1v) is 8.09. The molecule has 21 heavy (non-hydrogen) atoms. The first kappa shape index (κ1) is 14.1. The Balaban J connectivity index is 2.13. The maximum atomic E-state index is 12.1. The highest BCUT2D eigenvalue weighted by Crippen LogP contribution is 2.42. The van der Waals surface area contributed by atoms with Crippen molar-refractivity contribution in [3.63, 3.8) is 0 Å². The Hall–Kier alpha value is -1.86. The molecule has 0 radical (unpaired) electrons. The van der Waals surface area contributed by atoms with E-state index in [1.807, 2.05) is 37.3 Å². The number of hydrogen-bond acceptors (Lipinski definition) is 2. The SMILES string of the molecule is Cc1c(C(=O)CBr)cc(C2CC2)n1-c1ccc(C#N)cc1. The summed E-state index contributed by atoms with van der Waals surface area (Å²) in [5, 5.41) is 9.25. The molecule has 0 bridgehead atoms. The summed E-state index contributed by atoms with van der Waals surface area (Å²) in [5.74, 6) is 0.665. The largest absolute Gasteiger partial charge is 0.317 e. The Kier molecular flexibility index (Phi) is 3.69. The highest BCUT2D eigenvalue weighted by Gasteiger charge is 2.30. The minimum absolute atomic E-state index is 0.113. The van der Waals surface area contributed by atoms with Crippen molar-refractivity contribution in [2.24, 2.45) is 0 Å². The van der Waals surface area contributed by atoms with Crippen LogP contribution < -0.4 is 0 Å². The highest BCUT2D eigenvalue weighted by atomic mass is 79.9. The summed E-state index contributed by atoms with van der Waals surface area (Å²) in [6.45, 7) is 1.99. The second kappa shape index (κ2) is 5.50. The van der Waals surface area contributed by atoms with Crippen LogP contribution in [0.25, 0.3) is 5.69 Å². The minimum atomic E-state index is 0.113. The van der Waals surface area contributed by atoms with E-state index in [-0.39, 0.29) is 5.78 Å². The Morgan fingerprint density at radius 3 is 2.57 bits per heavy atom. The molecule has 0 unspecified atom stereocenters. The zero-order chi connectivity index (χ0) is 15.0. The fraction of sp³-hybridized carbons (Fsp3) is 0.294. The molecule has 0 amide bonds. The highest BCUT2D eigenvalue weighted by molar-refractivity contribution is 9.09. The number of carbonyl (C=O) groups excluding carboxylic acids is 1. The lowest BCUT2D eigenvalue weighted by Gasteiger charge is -2.11. The van der Waals surface area contributed by atoms with E-state index in [1.54, 1.807) is 0 Å². The van der Waals surface area contributed by atoms with Gasteiger partial charge in [0.05, 0.1) is 17.0 Å². The van der Waals surface area contributed by atoms with Crippen LogP contribution in [0.1, 0.15) is 46.1 Å². The van der Waals surface area contributed by atoms with E-state index >= 15 is 0 Å². The van der Waals surface area contributed by atoms with Gasteiger partial charge in [0, 0.05) is 22.6 Å². The van der Waals surface area contributed by atoms with Gasteiger partial charge in [0.25, 0.3) is 0 Å². The lowest BCUT2D eigenvalue weighted by Crippen LogP contribution is -2.04. The van der Waals surface area contributed by atoms with Crippen LogP contribution in [0.5, 0.6) is 0 Å². The van der Waals surface area contributed by atoms with Gasteiger partial charge < -0.3 is 4.57 Å². The second-order valence-electron chi connectivity index (χ2n) is 5.39. The number of nitrogens with zero attached hydrogens (tertiary/aromatic N) is 2. The van der Waals surface area contributed by atoms with Crippen molar-refractivity contribution < 1.29 is 4.79 Å². The monoisotopic (exact) mass is 342 g/mol. The molecule has 1 heterocycles. The standard InChI is InChI=1S/C17H15BrN2O/c1-11-15(17(21)9-18)8-16(13-4-5-13)20(11)14-6-2-12(10-19)3-7-14/h2-3,6-8,13H,4-5,9H2,1H3. The van der Waals surface area contributed by atoms with Gasteiger partial charge in [0.2, 0.25) is 0 Å². The molecule has 2 aromatic rings. The van der Waals surface area contributed by atoms with Crippen molar-refractivity contribution >= 4 is 21.7 Å². The molecule has 1 aliphatic rings. The molecule has 1 aromatic carbocycles. The molecular weight excluding hydrogens is 328 g/mol. The summed E-state index contributed by atoms with van der Waals surface area (Å²) in [6, 6.07) is 11.7. The fourth-order valence-corrected chi connectivity index (χ4v) is 2.99. The predicted octanol–water partition coefficient (Wildman–Crippen LogP) is 4.11. The number of aromatic nitrogens is 1. The van der Waals surface area contributed by atoms with Crippen molar-refractivity contribution in [3.8, 4) is 11.8 Å². The third-order valence-electron chi connectivity index (χ3n) is 3.95. The van der Waals surface area contributed by atoms with Gasteiger partial charge in [-0.1, -0.05) is 15.9 Å². The number of hydrogen-bond donors (Lipinski definition) is 0. The molecular formula is C17H15BrN2O. The molecule has 3 rings (SSSR count). The topological polar surface area (TPSA) is 45.8 Å². The van der Waals surface area contributed by atoms with Gasteiger partial charge in [-0.3, -0.25) is 4.79 Å². The summed E-state index contributed by atoms with van der Waals surface area (Å²) < 4.78 is 2.16. The fourth-order valence-electron chi connectivity index (χ4n) is 2.69. The van der Waals surface area contributed by atoms with Gasteiger partial charge in [0.1, 0.15) is 0 Å². The Morgan fingerprint density at radius 2 is 2.05 bits per heavy atom. The van der Waals surface area contributed by atoms with Gasteiger partial charge in [0.15, 0.2) is 5.78 Å². The lowest BCUT2D eigenvalue weighted by atomic mass is 10.1. The quantitative estimate of drug-likeness (QED) is 0.619. The smallest absolute Gasteiger partial charge is 0.175 e. The molecule has 106 valence electrons. The third kappa shape index (κ3) is 2.54. The van der Waals surface area contributed by atoms with Crippen molar-refractivity contribution in [3.05, 3.63) is 52.8 Å². The van der Waals surface area contributed by atoms with E-state index < -0.39 is 0 Å². The van der Waals surface area contributed by atoms with Crippen LogP contribution in [0.3, 0.4) is 0 Å². The number of halogens is 1. The molecule has 1 aromatic heterocycles. The maximum Gasteiger partial charge on any atom is 0.175 e. The van der Waals surface area contributed by atoms with Crippen molar-refractivity contribution in [1.82, 2.24) is 4.57 Å². The first-order chi connectivity index (χ1) is 10.2. The normalized spacial score (nSPS) is 14.0. The van der Waals surface area contributed by atoms with Gasteiger partial charge >= 0.3 is 0 Å². The van der Waals surface area contributed by atoms with Crippen molar-refractivity contribution in [1.29, 1.82) is 5.26 Å². The number of Topliss-reactive ketones (excluding diaryl/α,β-unsaturated/α-hetero) is 1. The second-order valence-corrected chi connectivity index (χ2v) is 5.95. The van der Waals surface area contributed by atoms with Crippen LogP contribution in [-0.2, 0) is 0 Å². The van der Waals surface area contributed by atoms with E-state index in [0.29, 0.717) is 16.8 Å². The molecule has 4 heteroatoms. The molecule has 1 aliphatic carbocycles. The summed E-state index contributed by atoms with van der Waals surface area (Å²) in [6.07, 6.45) is 2.36. The van der Waals surface area contributed by atoms with E-state index in [9.17, 15) is 4.79 Å². The minimum Gasteiger partial charge on any atom is -0.317 e. The first-order valence-electron chi connectivity index (χ1n) is 6.97. The zero-order valence-electron chi connectivity index (χ0n) is 11.8. The number of alkyl halides is 1. The summed E-state index contributed by atoms with van der Waals surface area (Å²) in [4.78, 5) is 12.1. The number of carbonyl (C=O) groups is 1. The van der Waals surface area contributed by atoms with Crippen LogP contribution >= 0.6 is 15.9 Å². The van der Waals surface area contributed by atoms with E-state index in [4.69, 9.17) is 5.26 Å². The van der Waals surface area contributed by atoms with Crippen LogP contribution in [-0.4, -0.2) is 15.7 Å². The number of ketones is 1. The Labute approximate surface area is 132 Å². The van der Waals surface area contributed by atoms with E-state index in [0.717, 1.165) is 16.9 Å². The number of nitriles is 1. The van der Waals surface area contributed by atoms with Crippen molar-refractivity contribution in [2.75, 3.05) is 5.33 Å². The van der Waals surface area contributed by atoms with Crippen LogP contribution in [0, 0.1) is 18.3 Å². The van der Waals surface area contributed by atoms with Crippen molar-refractivity contribution in [2.45, 2.75) is 25.7 Å². The molecule has 0 saturated heterocycles. The number of rotatable bonds is 4. The molecule has 0 spiro atoms. The van der Waals surface area contributed by atoms with Gasteiger partial charge in [-0.25, -0.2) is 0 Å². The van der Waals surface area contributed by atoms with Crippen LogP contribution in [0.15, 0.2) is 30.3 Å². The van der Waals surface area contributed by atoms with Gasteiger partial charge in [-0.2, -0.15) is 5.26 Å². The van der Waals surface area contributed by atoms with E-state index in [2.05, 4.69) is 26.6 Å². The average Bonchev–Trinajstić information content (AvgIpc) is 3.30. The predicted molar refractivity (Wildman–Crippen MR) is 85.3 cm³/mol. The summed E-state index contributed by atoms with van der Waals surface area (Å²) in [7, 11) is 0. The molecule has 0 aliphatic heterocycles. The van der Waals surface area contributed by atoms with Gasteiger partial charge in [-0.05, 0) is 56.0 Å². The number of benzene rings is 1. The van der Waals surface area contributed by atoms with Crippen LogP contribution in [0.2, 0.25) is 0 Å². The Morgan fingerprint density at radius 1 is 1.38 bits per heavy atom. The molecule has 3 nitrogen and oxygen atoms in total. The molecule has 0 N–H and O–H groups in total. The average molecular weight is 343 g/mol. The maximum absolute atomic E-state index is 12.1. The third-order valence-corrected chi connectivity index (χ3v) is 4.46. The van der Waals surface area contributed by atoms with Crippen LogP contribution in [0.4, 0.5) is 0 Å². The summed E-state index contributed by atoms with van der Waals surface area (Å²) in [5.41, 5.74) is 4.64. The molecule has 1 saturated carbocycles. The Bertz CT molecular complexity index is 733.